The van der Waals surface area contributed by atoms with Crippen LogP contribution in [0.5, 0.6) is 5.75 Å². The molecule has 3 N–H and O–H groups in total. The summed E-state index contributed by atoms with van der Waals surface area (Å²) in [4.78, 5) is 22.0. The van der Waals surface area contributed by atoms with Gasteiger partial charge in [-0.15, -0.1) is 0 Å². The number of carbonyl (C=O) groups excluding carboxylic acids is 1. The zero-order valence-electron chi connectivity index (χ0n) is 12.2. The number of anilines is 1. The van der Waals surface area contributed by atoms with Crippen molar-refractivity contribution in [2.75, 3.05) is 12.4 Å². The van der Waals surface area contributed by atoms with Gasteiger partial charge in [0.2, 0.25) is 0 Å². The molecule has 1 saturated carbocycles. The molecule has 0 radical (unpaired) electrons. The van der Waals surface area contributed by atoms with Gasteiger partial charge in [0, 0.05) is 13.2 Å². The number of nitro groups is 1. The number of aromatic hydroxyl groups is 1. The number of urea groups is 1. The lowest BCUT2D eigenvalue weighted by molar-refractivity contribution is -0.384. The Morgan fingerprint density at radius 1 is 1.41 bits per heavy atom. The lowest BCUT2D eigenvalue weighted by Crippen LogP contribution is -2.47. The number of non-ortho nitro benzene ring substituents is 1. The van der Waals surface area contributed by atoms with E-state index in [4.69, 9.17) is 4.74 Å². The Morgan fingerprint density at radius 2 is 2.14 bits per heavy atom. The van der Waals surface area contributed by atoms with Crippen LogP contribution in [0.15, 0.2) is 18.2 Å². The fraction of sp³-hybridized carbons (Fsp3) is 0.500. The summed E-state index contributed by atoms with van der Waals surface area (Å²) >= 11 is 0. The summed E-state index contributed by atoms with van der Waals surface area (Å²) in [5.74, 6) is -0.351. The van der Waals surface area contributed by atoms with Crippen molar-refractivity contribution in [3.05, 3.63) is 28.3 Å². The van der Waals surface area contributed by atoms with Gasteiger partial charge in [-0.2, -0.15) is 0 Å². The molecule has 0 saturated heterocycles. The first-order valence-electron chi connectivity index (χ1n) is 7.09. The number of nitro benzene ring substituents is 1. The molecule has 2 amide bonds. The Bertz CT molecular complexity index is 563. The van der Waals surface area contributed by atoms with Crippen molar-refractivity contribution in [2.45, 2.75) is 37.8 Å². The minimum absolute atomic E-state index is 0.0232. The van der Waals surface area contributed by atoms with Gasteiger partial charge < -0.3 is 20.5 Å². The summed E-state index contributed by atoms with van der Waals surface area (Å²) in [5, 5.41) is 25.6. The van der Waals surface area contributed by atoms with Gasteiger partial charge in [-0.1, -0.05) is 12.8 Å². The topological polar surface area (TPSA) is 114 Å². The molecule has 1 aliphatic rings. The largest absolute Gasteiger partial charge is 0.506 e. The van der Waals surface area contributed by atoms with E-state index in [0.29, 0.717) is 0 Å². The number of amides is 2. The molecule has 0 aromatic heterocycles. The fourth-order valence-corrected chi connectivity index (χ4v) is 2.61. The highest BCUT2D eigenvalue weighted by molar-refractivity contribution is 5.91. The Labute approximate surface area is 127 Å². The van der Waals surface area contributed by atoms with Crippen LogP contribution < -0.4 is 10.6 Å². The third-order valence-corrected chi connectivity index (χ3v) is 3.76. The van der Waals surface area contributed by atoms with E-state index in [2.05, 4.69) is 10.6 Å². The highest BCUT2D eigenvalue weighted by atomic mass is 16.6. The quantitative estimate of drug-likeness (QED) is 0.449. The second-order valence-corrected chi connectivity index (χ2v) is 5.22. The van der Waals surface area contributed by atoms with E-state index in [9.17, 15) is 20.0 Å². The second kappa shape index (κ2) is 7.08. The van der Waals surface area contributed by atoms with Crippen molar-refractivity contribution in [2.24, 2.45) is 0 Å². The van der Waals surface area contributed by atoms with Crippen LogP contribution >= 0.6 is 0 Å². The van der Waals surface area contributed by atoms with Crippen LogP contribution in [0.1, 0.15) is 25.7 Å². The van der Waals surface area contributed by atoms with Crippen LogP contribution in [0.4, 0.5) is 16.2 Å². The van der Waals surface area contributed by atoms with Gasteiger partial charge in [-0.3, -0.25) is 10.1 Å². The molecule has 0 bridgehead atoms. The minimum atomic E-state index is -0.616. The molecule has 8 nitrogen and oxygen atoms in total. The van der Waals surface area contributed by atoms with Crippen LogP contribution in [0.2, 0.25) is 0 Å². The Hall–Kier alpha value is -2.35. The normalized spacial score (nSPS) is 21.1. The van der Waals surface area contributed by atoms with E-state index in [1.54, 1.807) is 7.11 Å². The molecule has 1 aromatic rings. The van der Waals surface area contributed by atoms with Gasteiger partial charge in [-0.25, -0.2) is 4.79 Å². The number of nitrogens with one attached hydrogen (secondary N) is 2. The molecule has 2 rings (SSSR count). The number of hydrogen-bond donors (Lipinski definition) is 3. The molecular weight excluding hydrogens is 290 g/mol. The standard InChI is InChI=1S/C14H19N3O5/c1-22-13-5-3-2-4-11(13)16-14(19)15-10-7-6-9(17(20)21)8-12(10)18/h6-8,11,13,18H,2-5H2,1H3,(H2,15,16,19)/t11-,13-/m0/s1. The van der Waals surface area contributed by atoms with Gasteiger partial charge in [-0.05, 0) is 18.9 Å². The zero-order valence-corrected chi connectivity index (χ0v) is 12.2. The average Bonchev–Trinajstić information content (AvgIpc) is 2.49. The van der Waals surface area contributed by atoms with Crippen LogP contribution in [-0.4, -0.2) is 35.3 Å². The number of ether oxygens (including phenoxy) is 1. The van der Waals surface area contributed by atoms with E-state index in [0.717, 1.165) is 31.7 Å². The number of rotatable bonds is 4. The molecule has 120 valence electrons. The fourth-order valence-electron chi connectivity index (χ4n) is 2.61. The number of phenolic OH excluding ortho intramolecular Hbond substituents is 1. The molecule has 0 heterocycles. The van der Waals surface area contributed by atoms with Gasteiger partial charge in [0.15, 0.2) is 0 Å². The number of hydrogen-bond acceptors (Lipinski definition) is 5. The van der Waals surface area contributed by atoms with Gasteiger partial charge in [0.1, 0.15) is 5.75 Å². The van der Waals surface area contributed by atoms with E-state index < -0.39 is 11.0 Å². The van der Waals surface area contributed by atoms with Gasteiger partial charge in [0.25, 0.3) is 5.69 Å². The van der Waals surface area contributed by atoms with Crippen LogP contribution in [0.25, 0.3) is 0 Å². The highest BCUT2D eigenvalue weighted by Gasteiger charge is 2.26. The number of carbonyl (C=O) groups is 1. The minimum Gasteiger partial charge on any atom is -0.506 e. The highest BCUT2D eigenvalue weighted by Crippen LogP contribution is 2.28. The maximum Gasteiger partial charge on any atom is 0.319 e. The lowest BCUT2D eigenvalue weighted by Gasteiger charge is -2.31. The van der Waals surface area contributed by atoms with E-state index in [-0.39, 0.29) is 29.3 Å². The van der Waals surface area contributed by atoms with Gasteiger partial charge in [0.05, 0.1) is 28.8 Å². The lowest BCUT2D eigenvalue weighted by atomic mass is 9.92. The van der Waals surface area contributed by atoms with Crippen LogP contribution in [0, 0.1) is 10.1 Å². The number of phenols is 1. The molecule has 1 aliphatic carbocycles. The first-order chi connectivity index (χ1) is 10.5. The first-order valence-corrected chi connectivity index (χ1v) is 7.09. The summed E-state index contributed by atoms with van der Waals surface area (Å²) in [6.45, 7) is 0. The number of benzene rings is 1. The van der Waals surface area contributed by atoms with E-state index in [1.807, 2.05) is 0 Å². The third-order valence-electron chi connectivity index (χ3n) is 3.76. The van der Waals surface area contributed by atoms with Crippen molar-refractivity contribution in [1.82, 2.24) is 5.32 Å². The summed E-state index contributed by atoms with van der Waals surface area (Å²) in [6.07, 6.45) is 3.79. The molecule has 8 heteroatoms. The predicted molar refractivity (Wildman–Crippen MR) is 80.0 cm³/mol. The Balaban J connectivity index is 1.98. The average molecular weight is 309 g/mol. The monoisotopic (exact) mass is 309 g/mol. The Kier molecular flexibility index (Phi) is 5.16. The van der Waals surface area contributed by atoms with Crippen molar-refractivity contribution >= 4 is 17.4 Å². The molecule has 22 heavy (non-hydrogen) atoms. The molecule has 2 atom stereocenters. The van der Waals surface area contributed by atoms with Crippen molar-refractivity contribution in [1.29, 1.82) is 0 Å². The molecule has 0 unspecified atom stereocenters. The third kappa shape index (κ3) is 3.85. The molecule has 0 spiro atoms. The van der Waals surface area contributed by atoms with E-state index >= 15 is 0 Å². The summed E-state index contributed by atoms with van der Waals surface area (Å²) in [7, 11) is 1.62. The summed E-state index contributed by atoms with van der Waals surface area (Å²) < 4.78 is 5.35. The van der Waals surface area contributed by atoms with Crippen LogP contribution in [0.3, 0.4) is 0 Å². The molecule has 1 aromatic carbocycles. The Morgan fingerprint density at radius 3 is 2.77 bits per heavy atom. The maximum atomic E-state index is 12.0. The van der Waals surface area contributed by atoms with Crippen molar-refractivity contribution in [3.8, 4) is 5.75 Å². The predicted octanol–water partition coefficient (Wildman–Crippen LogP) is 2.38. The first kappa shape index (κ1) is 16.0. The van der Waals surface area contributed by atoms with Crippen molar-refractivity contribution < 1.29 is 19.6 Å². The number of nitrogens with zero attached hydrogens (tertiary/aromatic N) is 1. The van der Waals surface area contributed by atoms with Crippen molar-refractivity contribution in [3.63, 3.8) is 0 Å². The van der Waals surface area contributed by atoms with Crippen LogP contribution in [-0.2, 0) is 4.74 Å². The molecule has 1 fully saturated rings. The molecule has 0 aliphatic heterocycles. The smallest absolute Gasteiger partial charge is 0.319 e. The second-order valence-electron chi connectivity index (χ2n) is 5.22. The van der Waals surface area contributed by atoms with Gasteiger partial charge >= 0.3 is 6.03 Å². The summed E-state index contributed by atoms with van der Waals surface area (Å²) in [6, 6.07) is 2.95. The number of methoxy groups -OCH3 is 1. The van der Waals surface area contributed by atoms with E-state index in [1.165, 1.54) is 12.1 Å². The zero-order chi connectivity index (χ0) is 16.1. The molecular formula is C14H19N3O5. The SMILES string of the molecule is CO[C@H]1CCCC[C@@H]1NC(=O)Nc1ccc([N+](=O)[O-])cc1O. The summed E-state index contributed by atoms with van der Waals surface area (Å²) in [5.41, 5.74) is -0.122. The maximum absolute atomic E-state index is 12.0.